The minimum atomic E-state index is -0.0546. The van der Waals surface area contributed by atoms with Crippen molar-refractivity contribution in [3.8, 4) is 0 Å². The second kappa shape index (κ2) is 5.57. The lowest BCUT2D eigenvalue weighted by molar-refractivity contribution is 0.364. The van der Waals surface area contributed by atoms with Crippen LogP contribution in [0.4, 0.5) is 0 Å². The van der Waals surface area contributed by atoms with E-state index < -0.39 is 0 Å². The maximum absolute atomic E-state index is 12.0. The summed E-state index contributed by atoms with van der Waals surface area (Å²) in [6.45, 7) is 1.45. The molecule has 1 aliphatic carbocycles. The first kappa shape index (κ1) is 12.4. The first-order valence-electron chi connectivity index (χ1n) is 7.12. The summed E-state index contributed by atoms with van der Waals surface area (Å²) < 4.78 is 3.13. The zero-order valence-corrected chi connectivity index (χ0v) is 11.1. The number of rotatable bonds is 4. The molecule has 0 radical (unpaired) electrons. The van der Waals surface area contributed by atoms with Crippen molar-refractivity contribution in [1.29, 1.82) is 0 Å². The molecule has 0 bridgehead atoms. The lowest BCUT2D eigenvalue weighted by Crippen LogP contribution is -2.35. The number of hydrogen-bond donors (Lipinski definition) is 1. The maximum atomic E-state index is 12.0. The van der Waals surface area contributed by atoms with Gasteiger partial charge in [0.15, 0.2) is 5.65 Å². The highest BCUT2D eigenvalue weighted by Gasteiger charge is 2.12. The van der Waals surface area contributed by atoms with E-state index in [2.05, 4.69) is 10.4 Å². The van der Waals surface area contributed by atoms with Gasteiger partial charge in [-0.25, -0.2) is 9.48 Å². The Morgan fingerprint density at radius 2 is 2.11 bits per heavy atom. The van der Waals surface area contributed by atoms with E-state index >= 15 is 0 Å². The fourth-order valence-corrected chi connectivity index (χ4v) is 2.80. The molecule has 0 aliphatic heterocycles. The standard InChI is InChI=1S/C14H20N4O/c19-14-17-10-5-4-8-13(17)16-18(14)11-9-15-12-6-2-1-3-7-12/h4-5,8,10,12,15H,1-3,6-7,9,11H2. The van der Waals surface area contributed by atoms with Crippen molar-refractivity contribution in [2.45, 2.75) is 44.7 Å². The third-order valence-electron chi connectivity index (χ3n) is 3.85. The molecule has 0 saturated heterocycles. The van der Waals surface area contributed by atoms with E-state index in [4.69, 9.17) is 0 Å². The lowest BCUT2D eigenvalue weighted by Gasteiger charge is -2.22. The van der Waals surface area contributed by atoms with Crippen molar-refractivity contribution < 1.29 is 0 Å². The van der Waals surface area contributed by atoms with E-state index in [1.165, 1.54) is 32.1 Å². The largest absolute Gasteiger partial charge is 0.350 e. The van der Waals surface area contributed by atoms with Crippen LogP contribution in [0.5, 0.6) is 0 Å². The number of hydrogen-bond acceptors (Lipinski definition) is 3. The molecular formula is C14H20N4O. The summed E-state index contributed by atoms with van der Waals surface area (Å²) in [4.78, 5) is 12.0. The number of nitrogens with one attached hydrogen (secondary N) is 1. The van der Waals surface area contributed by atoms with E-state index in [1.54, 1.807) is 15.3 Å². The zero-order valence-electron chi connectivity index (χ0n) is 11.1. The first-order chi connectivity index (χ1) is 9.34. The van der Waals surface area contributed by atoms with Crippen LogP contribution in [0.2, 0.25) is 0 Å². The van der Waals surface area contributed by atoms with Gasteiger partial charge in [-0.1, -0.05) is 25.3 Å². The highest BCUT2D eigenvalue weighted by Crippen LogP contribution is 2.16. The Kier molecular flexibility index (Phi) is 3.64. The summed E-state index contributed by atoms with van der Waals surface area (Å²) in [7, 11) is 0. The first-order valence-corrected chi connectivity index (χ1v) is 7.12. The van der Waals surface area contributed by atoms with Crippen LogP contribution in [0, 0.1) is 0 Å². The zero-order chi connectivity index (χ0) is 13.1. The van der Waals surface area contributed by atoms with Crippen LogP contribution >= 0.6 is 0 Å². The van der Waals surface area contributed by atoms with Crippen molar-refractivity contribution in [2.24, 2.45) is 0 Å². The topological polar surface area (TPSA) is 51.3 Å². The molecule has 0 amide bonds. The van der Waals surface area contributed by atoms with Gasteiger partial charge >= 0.3 is 5.69 Å². The molecule has 3 rings (SSSR count). The second-order valence-electron chi connectivity index (χ2n) is 5.22. The highest BCUT2D eigenvalue weighted by atomic mass is 16.2. The molecule has 1 saturated carbocycles. The number of pyridine rings is 1. The van der Waals surface area contributed by atoms with Crippen LogP contribution in [-0.4, -0.2) is 26.8 Å². The molecule has 5 nitrogen and oxygen atoms in total. The molecule has 0 spiro atoms. The Labute approximate surface area is 112 Å². The van der Waals surface area contributed by atoms with E-state index in [-0.39, 0.29) is 5.69 Å². The molecule has 5 heteroatoms. The monoisotopic (exact) mass is 260 g/mol. The molecule has 2 aromatic rings. The molecule has 2 heterocycles. The summed E-state index contributed by atoms with van der Waals surface area (Å²) >= 11 is 0. The summed E-state index contributed by atoms with van der Waals surface area (Å²) in [5.74, 6) is 0. The molecule has 1 fully saturated rings. The average Bonchev–Trinajstić information content (AvgIpc) is 2.78. The van der Waals surface area contributed by atoms with E-state index in [9.17, 15) is 4.79 Å². The summed E-state index contributed by atoms with van der Waals surface area (Å²) in [5, 5.41) is 7.85. The smallest absolute Gasteiger partial charge is 0.312 e. The van der Waals surface area contributed by atoms with Crippen LogP contribution in [0.3, 0.4) is 0 Å². The molecule has 1 aliphatic rings. The average molecular weight is 260 g/mol. The fourth-order valence-electron chi connectivity index (χ4n) is 2.80. The van der Waals surface area contributed by atoms with Crippen LogP contribution < -0.4 is 11.0 Å². The van der Waals surface area contributed by atoms with Gasteiger partial charge < -0.3 is 5.32 Å². The van der Waals surface area contributed by atoms with Gasteiger partial charge in [0.1, 0.15) is 0 Å². The van der Waals surface area contributed by atoms with E-state index in [0.29, 0.717) is 18.2 Å². The molecule has 1 N–H and O–H groups in total. The molecule has 0 aromatic carbocycles. The molecule has 102 valence electrons. The minimum absolute atomic E-state index is 0.0546. The van der Waals surface area contributed by atoms with Gasteiger partial charge in [0.2, 0.25) is 0 Å². The Morgan fingerprint density at radius 3 is 2.89 bits per heavy atom. The minimum Gasteiger partial charge on any atom is -0.312 e. The lowest BCUT2D eigenvalue weighted by atomic mass is 9.95. The predicted molar refractivity (Wildman–Crippen MR) is 74.3 cm³/mol. The summed E-state index contributed by atoms with van der Waals surface area (Å²) in [6, 6.07) is 6.22. The fraction of sp³-hybridized carbons (Fsp3) is 0.571. The van der Waals surface area contributed by atoms with Crippen LogP contribution in [-0.2, 0) is 6.54 Å². The third kappa shape index (κ3) is 2.71. The molecule has 19 heavy (non-hydrogen) atoms. The van der Waals surface area contributed by atoms with Gasteiger partial charge in [-0.3, -0.25) is 4.40 Å². The molecule has 0 unspecified atom stereocenters. The number of fused-ring (bicyclic) bond motifs is 1. The molecule has 0 atom stereocenters. The van der Waals surface area contributed by atoms with Gasteiger partial charge in [0, 0.05) is 18.8 Å². The van der Waals surface area contributed by atoms with Gasteiger partial charge in [0.05, 0.1) is 6.54 Å². The Morgan fingerprint density at radius 1 is 1.26 bits per heavy atom. The highest BCUT2D eigenvalue weighted by molar-refractivity contribution is 5.35. The summed E-state index contributed by atoms with van der Waals surface area (Å²) in [5.41, 5.74) is 0.659. The Hall–Kier alpha value is -1.62. The summed E-state index contributed by atoms with van der Waals surface area (Å²) in [6.07, 6.45) is 8.30. The SMILES string of the molecule is O=c1n(CCNC2CCCCC2)nc2ccccn12. The van der Waals surface area contributed by atoms with Crippen LogP contribution in [0.25, 0.3) is 5.65 Å². The van der Waals surface area contributed by atoms with Crippen molar-refractivity contribution in [2.75, 3.05) is 6.54 Å². The van der Waals surface area contributed by atoms with E-state index in [0.717, 1.165) is 6.54 Å². The van der Waals surface area contributed by atoms with Crippen LogP contribution in [0.15, 0.2) is 29.2 Å². The van der Waals surface area contributed by atoms with Gasteiger partial charge in [-0.2, -0.15) is 0 Å². The van der Waals surface area contributed by atoms with Gasteiger partial charge in [0.25, 0.3) is 0 Å². The van der Waals surface area contributed by atoms with Crippen molar-refractivity contribution in [1.82, 2.24) is 19.5 Å². The van der Waals surface area contributed by atoms with Crippen molar-refractivity contribution >= 4 is 5.65 Å². The second-order valence-corrected chi connectivity index (χ2v) is 5.22. The van der Waals surface area contributed by atoms with Gasteiger partial charge in [-0.15, -0.1) is 5.10 Å². The van der Waals surface area contributed by atoms with Crippen molar-refractivity contribution in [3.05, 3.63) is 34.9 Å². The molecule has 2 aromatic heterocycles. The van der Waals surface area contributed by atoms with Crippen LogP contribution in [0.1, 0.15) is 32.1 Å². The Bertz CT molecular complexity index is 595. The Balaban J connectivity index is 1.62. The van der Waals surface area contributed by atoms with Gasteiger partial charge in [-0.05, 0) is 25.0 Å². The molecular weight excluding hydrogens is 240 g/mol. The van der Waals surface area contributed by atoms with Crippen molar-refractivity contribution in [3.63, 3.8) is 0 Å². The predicted octanol–water partition coefficient (Wildman–Crippen LogP) is 1.42. The quantitative estimate of drug-likeness (QED) is 0.904. The van der Waals surface area contributed by atoms with E-state index in [1.807, 2.05) is 18.2 Å². The number of aromatic nitrogens is 3. The maximum Gasteiger partial charge on any atom is 0.350 e. The normalized spacial score (nSPS) is 17.1. The third-order valence-corrected chi connectivity index (χ3v) is 3.85. The number of nitrogens with zero attached hydrogens (tertiary/aromatic N) is 3.